The van der Waals surface area contributed by atoms with Crippen LogP contribution in [0.5, 0.6) is 0 Å². The number of hydrogen-bond acceptors (Lipinski definition) is 4. The number of fused-ring (bicyclic) bond motifs is 1. The Bertz CT molecular complexity index is 1310. The van der Waals surface area contributed by atoms with Gasteiger partial charge in [0.15, 0.2) is 0 Å². The first-order chi connectivity index (χ1) is 17.5. The van der Waals surface area contributed by atoms with Gasteiger partial charge in [-0.05, 0) is 16.5 Å². The second-order valence-corrected chi connectivity index (χ2v) is 9.37. The number of likely N-dealkylation sites (N-methyl/N-ethyl adjacent to an activating group) is 1. The first kappa shape index (κ1) is 23.7. The third-order valence-corrected chi connectivity index (χ3v) is 6.90. The Morgan fingerprint density at radius 2 is 1.44 bits per heavy atom. The van der Waals surface area contributed by atoms with Crippen molar-refractivity contribution in [3.8, 4) is 0 Å². The van der Waals surface area contributed by atoms with Gasteiger partial charge in [-0.1, -0.05) is 84.9 Å². The molecule has 1 aromatic heterocycles. The molecule has 36 heavy (non-hydrogen) atoms. The minimum absolute atomic E-state index is 0.0135. The predicted octanol–water partition coefficient (Wildman–Crippen LogP) is 4.24. The van der Waals surface area contributed by atoms with Crippen molar-refractivity contribution >= 4 is 22.6 Å². The van der Waals surface area contributed by atoms with Crippen LogP contribution < -0.4 is 0 Å². The van der Waals surface area contributed by atoms with Crippen LogP contribution in [0.3, 0.4) is 0 Å². The highest BCUT2D eigenvalue weighted by atomic mass is 16.2. The first-order valence-corrected chi connectivity index (χ1v) is 12.2. The van der Waals surface area contributed by atoms with E-state index in [-0.39, 0.29) is 17.9 Å². The summed E-state index contributed by atoms with van der Waals surface area (Å²) in [4.78, 5) is 37.2. The van der Waals surface area contributed by atoms with Crippen molar-refractivity contribution in [1.29, 1.82) is 0 Å². The molecule has 1 atom stereocenters. The number of carbonyl (C=O) groups excluding carboxylic acids is 2. The fourth-order valence-corrected chi connectivity index (χ4v) is 5.11. The summed E-state index contributed by atoms with van der Waals surface area (Å²) in [5.74, 6) is -0.105. The van der Waals surface area contributed by atoms with Gasteiger partial charge < -0.3 is 9.80 Å². The van der Waals surface area contributed by atoms with E-state index in [1.165, 1.54) is 0 Å². The zero-order chi connectivity index (χ0) is 25.1. The van der Waals surface area contributed by atoms with Crippen molar-refractivity contribution in [2.45, 2.75) is 12.1 Å². The van der Waals surface area contributed by atoms with Gasteiger partial charge in [0.25, 0.3) is 5.91 Å². The molecule has 0 spiro atoms. The third kappa shape index (κ3) is 4.60. The van der Waals surface area contributed by atoms with E-state index >= 15 is 0 Å². The van der Waals surface area contributed by atoms with Crippen molar-refractivity contribution < 1.29 is 9.59 Å². The van der Waals surface area contributed by atoms with Crippen LogP contribution in [0.1, 0.15) is 27.5 Å². The highest BCUT2D eigenvalue weighted by Gasteiger charge is 2.40. The van der Waals surface area contributed by atoms with E-state index in [0.29, 0.717) is 25.2 Å². The maximum atomic E-state index is 13.7. The molecule has 1 aliphatic heterocycles. The molecule has 0 aliphatic carbocycles. The van der Waals surface area contributed by atoms with Crippen molar-refractivity contribution in [2.24, 2.45) is 0 Å². The molecule has 182 valence electrons. The van der Waals surface area contributed by atoms with Crippen molar-refractivity contribution in [1.82, 2.24) is 19.7 Å². The summed E-state index contributed by atoms with van der Waals surface area (Å²) in [5, 5.41) is 1.80. The highest BCUT2D eigenvalue weighted by molar-refractivity contribution is 6.06. The lowest BCUT2D eigenvalue weighted by molar-refractivity contribution is -0.137. The molecule has 5 rings (SSSR count). The highest BCUT2D eigenvalue weighted by Crippen LogP contribution is 2.33. The standard InChI is InChI=1S/C30H30N4O2/c1-32(2)30(36)27-21-33(29(35)26-20-31-19-24-15-9-10-16-25(24)26)17-18-34(27)28(22-11-5-3-6-12-22)23-13-7-4-8-14-23/h3-16,19-20,27-28H,17-18,21H2,1-2H3/t27-/m1/s1. The van der Waals surface area contributed by atoms with Gasteiger partial charge in [-0.3, -0.25) is 19.5 Å². The van der Waals surface area contributed by atoms with E-state index in [2.05, 4.69) is 34.1 Å². The third-order valence-electron chi connectivity index (χ3n) is 6.90. The molecule has 0 saturated carbocycles. The quantitative estimate of drug-likeness (QED) is 0.431. The van der Waals surface area contributed by atoms with Gasteiger partial charge in [0.1, 0.15) is 6.04 Å². The lowest BCUT2D eigenvalue weighted by Gasteiger charge is -2.45. The molecule has 2 heterocycles. The van der Waals surface area contributed by atoms with Crippen LogP contribution >= 0.6 is 0 Å². The Hall–Kier alpha value is -4.03. The molecule has 2 amide bonds. The Kier molecular flexibility index (Phi) is 6.78. The lowest BCUT2D eigenvalue weighted by Crippen LogP contribution is -2.60. The molecule has 0 radical (unpaired) electrons. The van der Waals surface area contributed by atoms with Crippen LogP contribution in [0.15, 0.2) is 97.3 Å². The number of piperazine rings is 1. The van der Waals surface area contributed by atoms with Crippen molar-refractivity contribution in [2.75, 3.05) is 33.7 Å². The van der Waals surface area contributed by atoms with Gasteiger partial charge in [-0.15, -0.1) is 0 Å². The summed E-state index contributed by atoms with van der Waals surface area (Å²) in [6.45, 7) is 1.41. The van der Waals surface area contributed by atoms with Gasteiger partial charge in [0, 0.05) is 51.5 Å². The Balaban J connectivity index is 1.51. The smallest absolute Gasteiger partial charge is 0.256 e. The second kappa shape index (κ2) is 10.3. The fraction of sp³-hybridized carbons (Fsp3) is 0.233. The van der Waals surface area contributed by atoms with E-state index in [1.54, 1.807) is 36.3 Å². The van der Waals surface area contributed by atoms with Crippen LogP contribution in [-0.4, -0.2) is 71.3 Å². The normalized spacial score (nSPS) is 16.3. The van der Waals surface area contributed by atoms with Crippen molar-refractivity contribution in [3.05, 3.63) is 114 Å². The monoisotopic (exact) mass is 478 g/mol. The van der Waals surface area contributed by atoms with Gasteiger partial charge >= 0.3 is 0 Å². The van der Waals surface area contributed by atoms with Gasteiger partial charge in [0.05, 0.1) is 11.6 Å². The number of carbonyl (C=O) groups is 2. The molecule has 6 nitrogen and oxygen atoms in total. The van der Waals surface area contributed by atoms with Gasteiger partial charge in [-0.2, -0.15) is 0 Å². The van der Waals surface area contributed by atoms with E-state index in [4.69, 9.17) is 0 Å². The number of amides is 2. The minimum atomic E-state index is -0.481. The SMILES string of the molecule is CN(C)C(=O)[C@H]1CN(C(=O)c2cncc3ccccc23)CCN1C(c1ccccc1)c1ccccc1. The number of aromatic nitrogens is 1. The van der Waals surface area contributed by atoms with Crippen LogP contribution in [0, 0.1) is 0 Å². The molecule has 0 unspecified atom stereocenters. The second-order valence-electron chi connectivity index (χ2n) is 9.37. The minimum Gasteiger partial charge on any atom is -0.347 e. The number of pyridine rings is 1. The summed E-state index contributed by atoms with van der Waals surface area (Å²) in [6.07, 6.45) is 3.41. The molecule has 1 aliphatic rings. The van der Waals surface area contributed by atoms with E-state index < -0.39 is 6.04 Å². The summed E-state index contributed by atoms with van der Waals surface area (Å²) in [7, 11) is 3.55. The average molecular weight is 479 g/mol. The zero-order valence-electron chi connectivity index (χ0n) is 20.6. The topological polar surface area (TPSA) is 56.8 Å². The van der Waals surface area contributed by atoms with E-state index in [1.807, 2.05) is 60.7 Å². The molecule has 4 aromatic rings. The Morgan fingerprint density at radius 1 is 0.833 bits per heavy atom. The molecule has 1 fully saturated rings. The summed E-state index contributed by atoms with van der Waals surface area (Å²) < 4.78 is 0. The summed E-state index contributed by atoms with van der Waals surface area (Å²) in [5.41, 5.74) is 2.82. The summed E-state index contributed by atoms with van der Waals surface area (Å²) in [6, 6.07) is 27.7. The first-order valence-electron chi connectivity index (χ1n) is 12.2. The maximum Gasteiger partial charge on any atom is 0.256 e. The molecule has 6 heteroatoms. The van der Waals surface area contributed by atoms with Crippen LogP contribution in [0.4, 0.5) is 0 Å². The van der Waals surface area contributed by atoms with E-state index in [9.17, 15) is 9.59 Å². The van der Waals surface area contributed by atoms with Crippen molar-refractivity contribution in [3.63, 3.8) is 0 Å². The molecule has 0 N–H and O–H groups in total. The maximum absolute atomic E-state index is 13.7. The predicted molar refractivity (Wildman–Crippen MR) is 142 cm³/mol. The lowest BCUT2D eigenvalue weighted by atomic mass is 9.94. The molecular weight excluding hydrogens is 448 g/mol. The van der Waals surface area contributed by atoms with Crippen LogP contribution in [0.25, 0.3) is 10.8 Å². The van der Waals surface area contributed by atoms with Gasteiger partial charge in [-0.25, -0.2) is 0 Å². The molecular formula is C30H30N4O2. The van der Waals surface area contributed by atoms with Crippen LogP contribution in [0.2, 0.25) is 0 Å². The fourth-order valence-electron chi connectivity index (χ4n) is 5.11. The Morgan fingerprint density at radius 3 is 2.08 bits per heavy atom. The number of benzene rings is 3. The number of hydrogen-bond donors (Lipinski definition) is 0. The molecule has 1 saturated heterocycles. The molecule has 0 bridgehead atoms. The number of nitrogens with zero attached hydrogens (tertiary/aromatic N) is 4. The summed E-state index contributed by atoms with van der Waals surface area (Å²) >= 11 is 0. The number of rotatable bonds is 5. The largest absolute Gasteiger partial charge is 0.347 e. The zero-order valence-corrected chi connectivity index (χ0v) is 20.6. The van der Waals surface area contributed by atoms with E-state index in [0.717, 1.165) is 21.9 Å². The Labute approximate surface area is 211 Å². The van der Waals surface area contributed by atoms with Gasteiger partial charge in [0.2, 0.25) is 5.91 Å². The van der Waals surface area contributed by atoms with Crippen LogP contribution in [-0.2, 0) is 4.79 Å². The molecule has 3 aromatic carbocycles. The average Bonchev–Trinajstić information content (AvgIpc) is 2.93.